The molecule has 108 valence electrons. The van der Waals surface area contributed by atoms with Crippen LogP contribution in [0, 0.1) is 0 Å². The highest BCUT2D eigenvalue weighted by Crippen LogP contribution is 2.34. The van der Waals surface area contributed by atoms with Crippen LogP contribution < -0.4 is 5.32 Å². The highest BCUT2D eigenvalue weighted by atomic mass is 16.5. The van der Waals surface area contributed by atoms with E-state index >= 15 is 0 Å². The summed E-state index contributed by atoms with van der Waals surface area (Å²) in [7, 11) is 4.00. The van der Waals surface area contributed by atoms with Crippen LogP contribution in [-0.2, 0) is 11.8 Å². The molecule has 0 radical (unpaired) electrons. The Hall–Kier alpha value is -0.910. The lowest BCUT2D eigenvalue weighted by molar-refractivity contribution is -0.0319. The fraction of sp³-hybridized carbons (Fsp3) is 0.786. The summed E-state index contributed by atoms with van der Waals surface area (Å²) >= 11 is 0. The largest absolute Gasteiger partial charge is 0.379 e. The molecule has 1 aromatic heterocycles. The van der Waals surface area contributed by atoms with E-state index in [9.17, 15) is 0 Å². The van der Waals surface area contributed by atoms with Gasteiger partial charge in [0, 0.05) is 37.4 Å². The summed E-state index contributed by atoms with van der Waals surface area (Å²) in [5.74, 6) is 0. The van der Waals surface area contributed by atoms with Gasteiger partial charge in [-0.2, -0.15) is 5.10 Å². The minimum atomic E-state index is 0.0849. The van der Waals surface area contributed by atoms with Crippen LogP contribution in [0.1, 0.15) is 31.9 Å². The van der Waals surface area contributed by atoms with Crippen molar-refractivity contribution in [2.75, 3.05) is 33.4 Å². The van der Waals surface area contributed by atoms with Gasteiger partial charge in [0.25, 0.3) is 0 Å². The number of morpholine rings is 1. The summed E-state index contributed by atoms with van der Waals surface area (Å²) in [5.41, 5.74) is 1.34. The number of nitrogens with one attached hydrogen (secondary N) is 1. The molecule has 19 heavy (non-hydrogen) atoms. The van der Waals surface area contributed by atoms with Crippen LogP contribution >= 0.6 is 0 Å². The molecule has 1 aliphatic rings. The zero-order valence-corrected chi connectivity index (χ0v) is 12.5. The molecule has 1 aromatic rings. The predicted octanol–water partition coefficient (Wildman–Crippen LogP) is 1.18. The monoisotopic (exact) mass is 266 g/mol. The average Bonchev–Trinajstić information content (AvgIpc) is 2.86. The Kier molecular flexibility index (Phi) is 4.60. The molecule has 0 saturated carbocycles. The maximum absolute atomic E-state index is 5.48. The first kappa shape index (κ1) is 14.5. The Morgan fingerprint density at radius 2 is 2.16 bits per heavy atom. The molecule has 1 aliphatic heterocycles. The third-order valence-corrected chi connectivity index (χ3v) is 4.42. The number of rotatable bonds is 5. The van der Waals surface area contributed by atoms with Crippen molar-refractivity contribution < 1.29 is 4.74 Å². The van der Waals surface area contributed by atoms with Crippen LogP contribution in [0.2, 0.25) is 0 Å². The Balaban J connectivity index is 2.25. The van der Waals surface area contributed by atoms with Crippen molar-refractivity contribution in [3.63, 3.8) is 0 Å². The molecule has 2 rings (SSSR count). The highest BCUT2D eigenvalue weighted by Gasteiger charge is 2.39. The first-order valence-electron chi connectivity index (χ1n) is 7.10. The van der Waals surface area contributed by atoms with Gasteiger partial charge >= 0.3 is 0 Å². The zero-order chi connectivity index (χ0) is 13.9. The summed E-state index contributed by atoms with van der Waals surface area (Å²) in [6, 6.07) is 0.282. The second kappa shape index (κ2) is 6.03. The third kappa shape index (κ3) is 2.83. The summed E-state index contributed by atoms with van der Waals surface area (Å²) in [4.78, 5) is 2.55. The van der Waals surface area contributed by atoms with Crippen molar-refractivity contribution >= 4 is 0 Å². The first-order valence-corrected chi connectivity index (χ1v) is 7.10. The van der Waals surface area contributed by atoms with Crippen molar-refractivity contribution in [1.29, 1.82) is 0 Å². The second-order valence-electron chi connectivity index (χ2n) is 5.48. The molecule has 1 saturated heterocycles. The quantitative estimate of drug-likeness (QED) is 0.869. The minimum Gasteiger partial charge on any atom is -0.379 e. The van der Waals surface area contributed by atoms with Gasteiger partial charge in [-0.3, -0.25) is 9.58 Å². The average molecular weight is 266 g/mol. The van der Waals surface area contributed by atoms with Gasteiger partial charge in [-0.15, -0.1) is 0 Å². The van der Waals surface area contributed by atoms with Crippen LogP contribution in [0.15, 0.2) is 12.4 Å². The van der Waals surface area contributed by atoms with E-state index in [1.54, 1.807) is 0 Å². The standard InChI is InChI=1S/C14H26N4O/c1-5-14(2,18-6-8-19-9-7-18)13(15-3)12-10-16-17(4)11-12/h10-11,13,15H,5-9H2,1-4H3. The molecule has 1 N–H and O–H groups in total. The van der Waals surface area contributed by atoms with Crippen LogP contribution in [-0.4, -0.2) is 53.6 Å². The summed E-state index contributed by atoms with van der Waals surface area (Å²) in [6.45, 7) is 8.27. The number of hydrogen-bond donors (Lipinski definition) is 1. The molecular formula is C14H26N4O. The van der Waals surface area contributed by atoms with Gasteiger partial charge in [-0.05, 0) is 20.4 Å². The first-order chi connectivity index (χ1) is 9.11. The smallest absolute Gasteiger partial charge is 0.0594 e. The van der Waals surface area contributed by atoms with Gasteiger partial charge in [-0.25, -0.2) is 0 Å². The molecule has 5 heteroatoms. The Labute approximate surface area is 115 Å². The van der Waals surface area contributed by atoms with Crippen molar-refractivity contribution in [3.8, 4) is 0 Å². The lowest BCUT2D eigenvalue weighted by atomic mass is 9.83. The van der Waals surface area contributed by atoms with Gasteiger partial charge in [-0.1, -0.05) is 6.92 Å². The number of hydrogen-bond acceptors (Lipinski definition) is 4. The normalized spacial score (nSPS) is 22.1. The number of aromatic nitrogens is 2. The Morgan fingerprint density at radius 1 is 1.47 bits per heavy atom. The lowest BCUT2D eigenvalue weighted by Crippen LogP contribution is -2.57. The van der Waals surface area contributed by atoms with Crippen molar-refractivity contribution in [2.24, 2.45) is 7.05 Å². The fourth-order valence-corrected chi connectivity index (χ4v) is 3.11. The number of nitrogens with zero attached hydrogens (tertiary/aromatic N) is 3. The summed E-state index contributed by atoms with van der Waals surface area (Å²) in [5, 5.41) is 7.80. The SMILES string of the molecule is CCC(C)(C(NC)c1cnn(C)c1)N1CCOCC1. The van der Waals surface area contributed by atoms with Gasteiger partial charge in [0.05, 0.1) is 25.5 Å². The molecule has 2 heterocycles. The van der Waals surface area contributed by atoms with E-state index in [1.165, 1.54) is 5.56 Å². The predicted molar refractivity (Wildman–Crippen MR) is 76.1 cm³/mol. The molecule has 0 spiro atoms. The van der Waals surface area contributed by atoms with Gasteiger partial charge in [0.2, 0.25) is 0 Å². The van der Waals surface area contributed by atoms with E-state index in [0.29, 0.717) is 0 Å². The van der Waals surface area contributed by atoms with E-state index in [2.05, 4.69) is 35.4 Å². The van der Waals surface area contributed by atoms with E-state index < -0.39 is 0 Å². The van der Waals surface area contributed by atoms with Crippen LogP contribution in [0.5, 0.6) is 0 Å². The Morgan fingerprint density at radius 3 is 2.63 bits per heavy atom. The lowest BCUT2D eigenvalue weighted by Gasteiger charge is -2.47. The van der Waals surface area contributed by atoms with E-state index in [1.807, 2.05) is 25.0 Å². The molecule has 2 unspecified atom stereocenters. The Bertz CT molecular complexity index is 400. The molecule has 0 amide bonds. The van der Waals surface area contributed by atoms with Gasteiger partial charge < -0.3 is 10.1 Å². The summed E-state index contributed by atoms with van der Waals surface area (Å²) < 4.78 is 7.35. The number of likely N-dealkylation sites (N-methyl/N-ethyl adjacent to an activating group) is 1. The van der Waals surface area contributed by atoms with Crippen LogP contribution in [0.4, 0.5) is 0 Å². The molecule has 1 fully saturated rings. The minimum absolute atomic E-state index is 0.0849. The van der Waals surface area contributed by atoms with Crippen molar-refractivity contribution in [1.82, 2.24) is 20.0 Å². The second-order valence-corrected chi connectivity index (χ2v) is 5.48. The maximum atomic E-state index is 5.48. The van der Waals surface area contributed by atoms with Crippen LogP contribution in [0.3, 0.4) is 0 Å². The maximum Gasteiger partial charge on any atom is 0.0594 e. The van der Waals surface area contributed by atoms with Crippen molar-refractivity contribution in [2.45, 2.75) is 31.8 Å². The number of ether oxygens (including phenoxy) is 1. The van der Waals surface area contributed by atoms with Gasteiger partial charge in [0.1, 0.15) is 0 Å². The fourth-order valence-electron chi connectivity index (χ4n) is 3.11. The molecule has 5 nitrogen and oxygen atoms in total. The number of aryl methyl sites for hydroxylation is 1. The molecule has 0 aromatic carbocycles. The molecular weight excluding hydrogens is 240 g/mol. The van der Waals surface area contributed by atoms with E-state index in [4.69, 9.17) is 4.74 Å². The van der Waals surface area contributed by atoms with Gasteiger partial charge in [0.15, 0.2) is 0 Å². The van der Waals surface area contributed by atoms with Crippen molar-refractivity contribution in [3.05, 3.63) is 18.0 Å². The zero-order valence-electron chi connectivity index (χ0n) is 12.5. The van der Waals surface area contributed by atoms with Crippen LogP contribution in [0.25, 0.3) is 0 Å². The molecule has 0 bridgehead atoms. The highest BCUT2D eigenvalue weighted by molar-refractivity contribution is 5.17. The molecule has 0 aliphatic carbocycles. The summed E-state index contributed by atoms with van der Waals surface area (Å²) in [6.07, 6.45) is 5.17. The van der Waals surface area contributed by atoms with E-state index in [-0.39, 0.29) is 11.6 Å². The topological polar surface area (TPSA) is 42.3 Å². The molecule has 2 atom stereocenters. The van der Waals surface area contributed by atoms with E-state index in [0.717, 1.165) is 32.7 Å². The third-order valence-electron chi connectivity index (χ3n) is 4.42.